The molecule has 0 spiro atoms. The average molecular weight is 553 g/mol. The van der Waals surface area contributed by atoms with Gasteiger partial charge < -0.3 is 24.8 Å². The lowest BCUT2D eigenvalue weighted by molar-refractivity contribution is -0.139. The summed E-state index contributed by atoms with van der Waals surface area (Å²) < 4.78 is 15.9. The maximum atomic E-state index is 12.1. The molecule has 0 aliphatic heterocycles. The number of hydrogen-bond donors (Lipinski definition) is 3. The number of carbonyl (C=O) groups excluding carboxylic acids is 3. The zero-order chi connectivity index (χ0) is 28.2. The monoisotopic (exact) mass is 552 g/mol. The number of rotatable bonds is 11. The fourth-order valence-corrected chi connectivity index (χ4v) is 3.50. The summed E-state index contributed by atoms with van der Waals surface area (Å²) in [6.45, 7) is 1.95. The summed E-state index contributed by atoms with van der Waals surface area (Å²) in [5, 5.41) is 9.63. The molecule has 0 heterocycles. The number of ether oxygens (including phenoxy) is 3. The van der Waals surface area contributed by atoms with Gasteiger partial charge in [0, 0.05) is 17.3 Å². The number of hydrogen-bond acceptors (Lipinski definition) is 7. The van der Waals surface area contributed by atoms with E-state index in [2.05, 4.69) is 21.2 Å². The van der Waals surface area contributed by atoms with Crippen LogP contribution in [0.15, 0.2) is 65.8 Å². The number of nitrogens with zero attached hydrogens (tertiary/aromatic N) is 1. The van der Waals surface area contributed by atoms with Crippen molar-refractivity contribution in [1.82, 2.24) is 10.7 Å². The standard InChI is InChI=1S/C28H29ClN4O6/c1-18-4-8-21(15-23(18)29)32-26(34)17-39-22-9-5-20(6-10-22)16-31-33-28(36)27(35)30-13-12-19-7-11-24(37-2)25(14-19)38-3/h4-11,14-16H,12-13,17H2,1-3H3,(H,30,35)(H,32,34)(H,33,36)/b31-16-. The van der Waals surface area contributed by atoms with Crippen LogP contribution in [0.5, 0.6) is 17.2 Å². The van der Waals surface area contributed by atoms with E-state index in [-0.39, 0.29) is 19.1 Å². The molecular weight excluding hydrogens is 524 g/mol. The second kappa shape index (κ2) is 14.4. The lowest BCUT2D eigenvalue weighted by Gasteiger charge is -2.10. The fraction of sp³-hybridized carbons (Fsp3) is 0.214. The van der Waals surface area contributed by atoms with Gasteiger partial charge in [-0.3, -0.25) is 14.4 Å². The predicted octanol–water partition coefficient (Wildman–Crippen LogP) is 3.49. The SMILES string of the molecule is COc1ccc(CCNC(=O)C(=O)N/N=C\c2ccc(OCC(=O)Nc3ccc(C)c(Cl)c3)cc2)cc1OC. The molecule has 3 aromatic rings. The Bertz CT molecular complexity index is 1340. The van der Waals surface area contributed by atoms with Crippen molar-refractivity contribution in [3.63, 3.8) is 0 Å². The maximum Gasteiger partial charge on any atom is 0.329 e. The Balaban J connectivity index is 1.38. The van der Waals surface area contributed by atoms with Crippen molar-refractivity contribution in [1.29, 1.82) is 0 Å². The molecule has 3 rings (SSSR count). The number of anilines is 1. The molecule has 0 unspecified atom stereocenters. The Morgan fingerprint density at radius 1 is 0.923 bits per heavy atom. The Morgan fingerprint density at radius 2 is 1.67 bits per heavy atom. The topological polar surface area (TPSA) is 127 Å². The highest BCUT2D eigenvalue weighted by Gasteiger charge is 2.12. The minimum Gasteiger partial charge on any atom is -0.493 e. The van der Waals surface area contributed by atoms with E-state index >= 15 is 0 Å². The van der Waals surface area contributed by atoms with Crippen LogP contribution in [-0.4, -0.2) is 51.3 Å². The van der Waals surface area contributed by atoms with Crippen LogP contribution in [0.4, 0.5) is 5.69 Å². The van der Waals surface area contributed by atoms with Gasteiger partial charge in [-0.05, 0) is 78.6 Å². The van der Waals surface area contributed by atoms with Crippen molar-refractivity contribution in [2.24, 2.45) is 5.10 Å². The largest absolute Gasteiger partial charge is 0.493 e. The van der Waals surface area contributed by atoms with E-state index < -0.39 is 11.8 Å². The first kappa shape index (κ1) is 29.0. The molecule has 3 aromatic carbocycles. The van der Waals surface area contributed by atoms with E-state index in [0.717, 1.165) is 11.1 Å². The van der Waals surface area contributed by atoms with Crippen LogP contribution in [0, 0.1) is 6.92 Å². The van der Waals surface area contributed by atoms with Gasteiger partial charge in [-0.25, -0.2) is 5.43 Å². The van der Waals surface area contributed by atoms with Gasteiger partial charge in [0.05, 0.1) is 20.4 Å². The molecule has 0 atom stereocenters. The van der Waals surface area contributed by atoms with Crippen LogP contribution in [0.25, 0.3) is 0 Å². The van der Waals surface area contributed by atoms with Gasteiger partial charge in [0.2, 0.25) is 0 Å². The average Bonchev–Trinajstić information content (AvgIpc) is 2.94. The third-order valence-electron chi connectivity index (χ3n) is 5.44. The highest BCUT2D eigenvalue weighted by Crippen LogP contribution is 2.27. The van der Waals surface area contributed by atoms with Crippen molar-refractivity contribution in [3.8, 4) is 17.2 Å². The number of methoxy groups -OCH3 is 2. The van der Waals surface area contributed by atoms with E-state index in [0.29, 0.717) is 39.9 Å². The van der Waals surface area contributed by atoms with Crippen LogP contribution in [0.2, 0.25) is 5.02 Å². The van der Waals surface area contributed by atoms with E-state index in [1.165, 1.54) is 6.21 Å². The van der Waals surface area contributed by atoms with E-state index in [1.54, 1.807) is 56.7 Å². The van der Waals surface area contributed by atoms with Crippen molar-refractivity contribution < 1.29 is 28.6 Å². The summed E-state index contributed by atoms with van der Waals surface area (Å²) in [6.07, 6.45) is 1.88. The molecule has 0 aromatic heterocycles. The number of carbonyl (C=O) groups is 3. The smallest absolute Gasteiger partial charge is 0.329 e. The van der Waals surface area contributed by atoms with Crippen LogP contribution in [-0.2, 0) is 20.8 Å². The summed E-state index contributed by atoms with van der Waals surface area (Å²) in [7, 11) is 3.10. The molecule has 3 amide bonds. The zero-order valence-electron chi connectivity index (χ0n) is 21.7. The molecule has 0 aliphatic rings. The molecular formula is C28H29ClN4O6. The van der Waals surface area contributed by atoms with Crippen molar-refractivity contribution in [2.45, 2.75) is 13.3 Å². The van der Waals surface area contributed by atoms with Crippen molar-refractivity contribution in [3.05, 3.63) is 82.4 Å². The minimum atomic E-state index is -0.889. The summed E-state index contributed by atoms with van der Waals surface area (Å²) in [4.78, 5) is 36.1. The third-order valence-corrected chi connectivity index (χ3v) is 5.85. The van der Waals surface area contributed by atoms with Gasteiger partial charge in [0.1, 0.15) is 5.75 Å². The summed E-state index contributed by atoms with van der Waals surface area (Å²) in [5.74, 6) is -0.353. The molecule has 11 heteroatoms. The summed E-state index contributed by atoms with van der Waals surface area (Å²) >= 11 is 6.07. The first-order chi connectivity index (χ1) is 18.8. The summed E-state index contributed by atoms with van der Waals surface area (Å²) in [5.41, 5.74) is 5.25. The number of nitrogens with one attached hydrogen (secondary N) is 3. The number of hydrazone groups is 1. The summed E-state index contributed by atoms with van der Waals surface area (Å²) in [6, 6.07) is 17.4. The normalized spacial score (nSPS) is 10.6. The predicted molar refractivity (Wildman–Crippen MR) is 149 cm³/mol. The fourth-order valence-electron chi connectivity index (χ4n) is 3.32. The molecule has 10 nitrogen and oxygen atoms in total. The lowest BCUT2D eigenvalue weighted by Crippen LogP contribution is -2.38. The number of aryl methyl sites for hydroxylation is 1. The number of benzene rings is 3. The molecule has 39 heavy (non-hydrogen) atoms. The Hall–Kier alpha value is -4.57. The molecule has 3 N–H and O–H groups in total. The number of amides is 3. The van der Waals surface area contributed by atoms with Gasteiger partial charge in [0.25, 0.3) is 5.91 Å². The molecule has 204 valence electrons. The molecule has 0 bridgehead atoms. The molecule has 0 saturated carbocycles. The van der Waals surface area contributed by atoms with E-state index in [4.69, 9.17) is 25.8 Å². The second-order valence-electron chi connectivity index (χ2n) is 8.26. The van der Waals surface area contributed by atoms with Crippen LogP contribution in [0.1, 0.15) is 16.7 Å². The molecule has 0 fully saturated rings. The minimum absolute atomic E-state index is 0.184. The quantitative estimate of drug-likeness (QED) is 0.190. The molecule has 0 saturated heterocycles. The van der Waals surface area contributed by atoms with Gasteiger partial charge in [-0.1, -0.05) is 23.7 Å². The molecule has 0 aliphatic carbocycles. The Labute approximate surface area is 231 Å². The highest BCUT2D eigenvalue weighted by atomic mass is 35.5. The molecule has 0 radical (unpaired) electrons. The zero-order valence-corrected chi connectivity index (χ0v) is 22.5. The van der Waals surface area contributed by atoms with Gasteiger partial charge >= 0.3 is 11.8 Å². The highest BCUT2D eigenvalue weighted by molar-refractivity contribution is 6.35. The van der Waals surface area contributed by atoms with Crippen molar-refractivity contribution in [2.75, 3.05) is 32.7 Å². The van der Waals surface area contributed by atoms with Crippen LogP contribution < -0.4 is 30.3 Å². The lowest BCUT2D eigenvalue weighted by atomic mass is 10.1. The van der Waals surface area contributed by atoms with E-state index in [1.807, 2.05) is 25.1 Å². The second-order valence-corrected chi connectivity index (χ2v) is 8.67. The van der Waals surface area contributed by atoms with Gasteiger partial charge in [-0.2, -0.15) is 5.10 Å². The van der Waals surface area contributed by atoms with Crippen LogP contribution in [0.3, 0.4) is 0 Å². The Morgan fingerprint density at radius 3 is 2.36 bits per heavy atom. The first-order valence-corrected chi connectivity index (χ1v) is 12.3. The van der Waals surface area contributed by atoms with E-state index in [9.17, 15) is 14.4 Å². The maximum absolute atomic E-state index is 12.1. The van der Waals surface area contributed by atoms with Gasteiger partial charge in [0.15, 0.2) is 18.1 Å². The first-order valence-electron chi connectivity index (χ1n) is 11.9. The van der Waals surface area contributed by atoms with Gasteiger partial charge in [-0.15, -0.1) is 0 Å². The third kappa shape index (κ3) is 9.04. The number of halogens is 1. The Kier molecular flexibility index (Phi) is 10.7. The van der Waals surface area contributed by atoms with Crippen molar-refractivity contribution >= 4 is 41.2 Å². The van der Waals surface area contributed by atoms with Crippen LogP contribution >= 0.6 is 11.6 Å².